The summed E-state index contributed by atoms with van der Waals surface area (Å²) in [5.74, 6) is -1.67. The van der Waals surface area contributed by atoms with Gasteiger partial charge in [-0.1, -0.05) is 6.92 Å². The molecule has 0 heterocycles. The molecule has 1 aromatic rings. The van der Waals surface area contributed by atoms with Gasteiger partial charge in [-0.15, -0.1) is 12.4 Å². The van der Waals surface area contributed by atoms with Crippen molar-refractivity contribution in [1.29, 1.82) is 0 Å². The minimum atomic E-state index is -4.60. The van der Waals surface area contributed by atoms with Gasteiger partial charge in [-0.05, 0) is 24.6 Å². The number of carbonyl (C=O) groups excluding carboxylic acids is 1. The Balaban J connectivity index is 0.00000324. The van der Waals surface area contributed by atoms with E-state index in [1.54, 1.807) is 6.92 Å². The average Bonchev–Trinajstić information content (AvgIpc) is 2.29. The Hall–Kier alpha value is -1.34. The highest BCUT2D eigenvalue weighted by molar-refractivity contribution is 5.94. The number of alkyl halides is 3. The highest BCUT2D eigenvalue weighted by Gasteiger charge is 2.31. The highest BCUT2D eigenvalue weighted by Crippen LogP contribution is 2.31. The third-order valence-electron chi connectivity index (χ3n) is 2.33. The fourth-order valence-electron chi connectivity index (χ4n) is 1.21. The van der Waals surface area contributed by atoms with Crippen LogP contribution in [0.2, 0.25) is 0 Å². The molecule has 0 aromatic heterocycles. The van der Waals surface area contributed by atoms with Crippen LogP contribution in [0.4, 0.5) is 23.2 Å². The molecule has 0 spiro atoms. The lowest BCUT2D eigenvalue weighted by Crippen LogP contribution is -2.35. The van der Waals surface area contributed by atoms with Crippen LogP contribution in [0.1, 0.15) is 18.9 Å². The lowest BCUT2D eigenvalue weighted by atomic mass is 10.1. The SMILES string of the molecule is CC[C@H](N)C(=O)Nc1cc(C(F)(F)F)ccc1F.Cl. The van der Waals surface area contributed by atoms with Gasteiger partial charge < -0.3 is 11.1 Å². The average molecular weight is 301 g/mol. The lowest BCUT2D eigenvalue weighted by molar-refractivity contribution is -0.137. The normalized spacial score (nSPS) is 12.5. The Bertz CT molecular complexity index is 451. The zero-order chi connectivity index (χ0) is 13.9. The van der Waals surface area contributed by atoms with Gasteiger partial charge in [-0.3, -0.25) is 4.79 Å². The molecule has 0 saturated heterocycles. The maximum absolute atomic E-state index is 13.3. The summed E-state index contributed by atoms with van der Waals surface area (Å²) >= 11 is 0. The summed E-state index contributed by atoms with van der Waals surface area (Å²) in [4.78, 5) is 11.4. The number of benzene rings is 1. The summed E-state index contributed by atoms with van der Waals surface area (Å²) in [6.07, 6.45) is -4.30. The van der Waals surface area contributed by atoms with Crippen LogP contribution in [0.3, 0.4) is 0 Å². The molecule has 19 heavy (non-hydrogen) atoms. The Kier molecular flexibility index (Phi) is 6.24. The van der Waals surface area contributed by atoms with Gasteiger partial charge in [0.25, 0.3) is 0 Å². The molecule has 1 atom stereocenters. The van der Waals surface area contributed by atoms with Gasteiger partial charge in [0, 0.05) is 0 Å². The third kappa shape index (κ3) is 4.68. The number of nitrogens with one attached hydrogen (secondary N) is 1. The monoisotopic (exact) mass is 300 g/mol. The zero-order valence-electron chi connectivity index (χ0n) is 9.92. The molecule has 1 amide bonds. The first-order chi connectivity index (χ1) is 8.25. The second-order valence-electron chi connectivity index (χ2n) is 3.70. The summed E-state index contributed by atoms with van der Waals surface area (Å²) in [6, 6.07) is 0.898. The summed E-state index contributed by atoms with van der Waals surface area (Å²) in [7, 11) is 0. The first kappa shape index (κ1) is 17.7. The van der Waals surface area contributed by atoms with Gasteiger partial charge >= 0.3 is 6.18 Å². The number of hydrogen-bond acceptors (Lipinski definition) is 2. The summed E-state index contributed by atoms with van der Waals surface area (Å²) in [5.41, 5.74) is 3.81. The van der Waals surface area contributed by atoms with Gasteiger partial charge in [0.2, 0.25) is 5.91 Å². The predicted octanol–water partition coefficient (Wildman–Crippen LogP) is 2.94. The first-order valence-corrected chi connectivity index (χ1v) is 5.19. The van der Waals surface area contributed by atoms with E-state index in [9.17, 15) is 22.4 Å². The second-order valence-corrected chi connectivity index (χ2v) is 3.70. The number of amides is 1. The number of anilines is 1. The van der Waals surface area contributed by atoms with E-state index in [2.05, 4.69) is 0 Å². The molecule has 0 bridgehead atoms. The standard InChI is InChI=1S/C11H12F4N2O.ClH/c1-2-8(16)10(18)17-9-5-6(11(13,14)15)3-4-7(9)12;/h3-5,8H,2,16H2,1H3,(H,17,18);1H/t8-;/m0./s1. The Morgan fingerprint density at radius 3 is 2.47 bits per heavy atom. The maximum atomic E-state index is 13.3. The van der Waals surface area contributed by atoms with Crippen molar-refractivity contribution in [1.82, 2.24) is 0 Å². The van der Waals surface area contributed by atoms with Crippen molar-refractivity contribution in [2.45, 2.75) is 25.6 Å². The predicted molar refractivity (Wildman–Crippen MR) is 65.5 cm³/mol. The third-order valence-corrected chi connectivity index (χ3v) is 2.33. The summed E-state index contributed by atoms with van der Waals surface area (Å²) < 4.78 is 50.5. The van der Waals surface area contributed by atoms with Gasteiger partial charge in [-0.2, -0.15) is 13.2 Å². The number of halogens is 5. The van der Waals surface area contributed by atoms with E-state index in [0.717, 1.165) is 0 Å². The molecule has 108 valence electrons. The molecule has 0 fully saturated rings. The van der Waals surface area contributed by atoms with Crippen molar-refractivity contribution < 1.29 is 22.4 Å². The number of hydrogen-bond donors (Lipinski definition) is 2. The lowest BCUT2D eigenvalue weighted by Gasteiger charge is -2.13. The molecule has 0 radical (unpaired) electrons. The van der Waals surface area contributed by atoms with Crippen molar-refractivity contribution in [3.8, 4) is 0 Å². The largest absolute Gasteiger partial charge is 0.416 e. The van der Waals surface area contributed by atoms with Gasteiger partial charge in [0.1, 0.15) is 5.82 Å². The van der Waals surface area contributed by atoms with E-state index in [4.69, 9.17) is 5.73 Å². The van der Waals surface area contributed by atoms with E-state index in [1.807, 2.05) is 5.32 Å². The van der Waals surface area contributed by atoms with Crippen LogP contribution >= 0.6 is 12.4 Å². The maximum Gasteiger partial charge on any atom is 0.416 e. The fraction of sp³-hybridized carbons (Fsp3) is 0.364. The van der Waals surface area contributed by atoms with E-state index in [1.165, 1.54) is 0 Å². The van der Waals surface area contributed by atoms with Crippen LogP contribution in [0.5, 0.6) is 0 Å². The molecule has 3 N–H and O–H groups in total. The van der Waals surface area contributed by atoms with Crippen LogP contribution in [-0.2, 0) is 11.0 Å². The number of carbonyl (C=O) groups is 1. The van der Waals surface area contributed by atoms with E-state index >= 15 is 0 Å². The molecule has 0 unspecified atom stereocenters. The topological polar surface area (TPSA) is 55.1 Å². The Morgan fingerprint density at radius 1 is 1.42 bits per heavy atom. The summed E-state index contributed by atoms with van der Waals surface area (Å²) in [5, 5.41) is 2.03. The minimum Gasteiger partial charge on any atom is -0.322 e. The fourth-order valence-corrected chi connectivity index (χ4v) is 1.21. The molecular weight excluding hydrogens is 288 g/mol. The number of rotatable bonds is 3. The molecule has 0 aliphatic carbocycles. The molecule has 0 saturated carbocycles. The Labute approximate surface area is 113 Å². The number of nitrogens with two attached hydrogens (primary N) is 1. The molecule has 0 aliphatic heterocycles. The van der Waals surface area contributed by atoms with Crippen LogP contribution in [0.15, 0.2) is 18.2 Å². The molecule has 1 aromatic carbocycles. The second kappa shape index (κ2) is 6.72. The van der Waals surface area contributed by atoms with Crippen LogP contribution in [0, 0.1) is 5.82 Å². The van der Waals surface area contributed by atoms with Gasteiger partial charge in [0.15, 0.2) is 0 Å². The molecule has 8 heteroatoms. The van der Waals surface area contributed by atoms with Crippen LogP contribution in [-0.4, -0.2) is 11.9 Å². The molecule has 3 nitrogen and oxygen atoms in total. The van der Waals surface area contributed by atoms with Crippen LogP contribution in [0.25, 0.3) is 0 Å². The van der Waals surface area contributed by atoms with Crippen molar-refractivity contribution in [3.63, 3.8) is 0 Å². The Morgan fingerprint density at radius 2 is 2.00 bits per heavy atom. The quantitative estimate of drug-likeness (QED) is 0.843. The van der Waals surface area contributed by atoms with E-state index < -0.39 is 35.2 Å². The molecule has 1 rings (SSSR count). The van der Waals surface area contributed by atoms with Gasteiger partial charge in [0.05, 0.1) is 17.3 Å². The molecule has 0 aliphatic rings. The van der Waals surface area contributed by atoms with Crippen molar-refractivity contribution in [2.24, 2.45) is 5.73 Å². The van der Waals surface area contributed by atoms with Gasteiger partial charge in [-0.25, -0.2) is 4.39 Å². The van der Waals surface area contributed by atoms with E-state index in [0.29, 0.717) is 24.6 Å². The van der Waals surface area contributed by atoms with E-state index in [-0.39, 0.29) is 12.4 Å². The zero-order valence-corrected chi connectivity index (χ0v) is 10.7. The first-order valence-electron chi connectivity index (χ1n) is 5.19. The van der Waals surface area contributed by atoms with Crippen LogP contribution < -0.4 is 11.1 Å². The minimum absolute atomic E-state index is 0. The van der Waals surface area contributed by atoms with Crippen molar-refractivity contribution >= 4 is 24.0 Å². The molecular formula is C11H13ClF4N2O. The van der Waals surface area contributed by atoms with Crippen molar-refractivity contribution in [3.05, 3.63) is 29.6 Å². The van der Waals surface area contributed by atoms with Crippen molar-refractivity contribution in [2.75, 3.05) is 5.32 Å². The summed E-state index contributed by atoms with van der Waals surface area (Å²) in [6.45, 7) is 1.63. The highest BCUT2D eigenvalue weighted by atomic mass is 35.5. The smallest absolute Gasteiger partial charge is 0.322 e.